The fourth-order valence-corrected chi connectivity index (χ4v) is 9.09. The first kappa shape index (κ1) is 37.5. The summed E-state index contributed by atoms with van der Waals surface area (Å²) in [6.07, 6.45) is 7.62. The van der Waals surface area contributed by atoms with E-state index in [1.165, 1.54) is 9.21 Å². The maximum absolute atomic E-state index is 14.1. The van der Waals surface area contributed by atoms with Crippen molar-refractivity contribution >= 4 is 33.7 Å². The highest BCUT2D eigenvalue weighted by molar-refractivity contribution is 7.89. The number of aliphatic hydroxyl groups excluding tert-OH is 1. The zero-order valence-electron chi connectivity index (χ0n) is 29.1. The van der Waals surface area contributed by atoms with E-state index in [-0.39, 0.29) is 12.1 Å². The van der Waals surface area contributed by atoms with Gasteiger partial charge >= 0.3 is 6.03 Å². The van der Waals surface area contributed by atoms with Crippen molar-refractivity contribution in [1.29, 1.82) is 0 Å². The van der Waals surface area contributed by atoms with Crippen LogP contribution in [0.5, 0.6) is 0 Å². The van der Waals surface area contributed by atoms with E-state index in [1.807, 2.05) is 27.7 Å². The Morgan fingerprint density at radius 1 is 0.979 bits per heavy atom. The maximum Gasteiger partial charge on any atom is 0.315 e. The molecule has 1 saturated heterocycles. The highest BCUT2D eigenvalue weighted by Crippen LogP contribution is 2.38. The number of ketones is 1. The van der Waals surface area contributed by atoms with Crippen LogP contribution in [0.4, 0.5) is 4.79 Å². The van der Waals surface area contributed by atoms with Crippen LogP contribution in [0.2, 0.25) is 0 Å². The number of carbonyl (C=O) groups excluding carboxylic acids is 4. The number of urea groups is 1. The minimum Gasteiger partial charge on any atom is -0.371 e. The third-order valence-electron chi connectivity index (χ3n) is 10.5. The van der Waals surface area contributed by atoms with Crippen molar-refractivity contribution in [2.24, 2.45) is 5.41 Å². The second-order valence-corrected chi connectivity index (χ2v) is 17.6. The SMILES string of the molecule is CCC[C@H](NC(=O)[C@@H]1CCCN1C(=O)[C@@H](NC(=O)NC1([C@H](C)S(=O)(=O)N(C)C2CC2)CCCCC1)C(C)(C)C)C(=O)C(O)NC1CC1. The lowest BCUT2D eigenvalue weighted by atomic mass is 9.79. The van der Waals surface area contributed by atoms with Gasteiger partial charge in [0.05, 0.1) is 16.8 Å². The molecular formula is C33H58N6O7S. The summed E-state index contributed by atoms with van der Waals surface area (Å²) < 4.78 is 28.7. The van der Waals surface area contributed by atoms with Gasteiger partial charge in [-0.05, 0) is 70.1 Å². The van der Waals surface area contributed by atoms with E-state index >= 15 is 0 Å². The normalized spacial score (nSPS) is 24.3. The second-order valence-electron chi connectivity index (χ2n) is 15.3. The number of amides is 4. The van der Waals surface area contributed by atoms with E-state index < -0.39 is 74.2 Å². The third-order valence-corrected chi connectivity index (χ3v) is 12.9. The number of Topliss-reactive ketones (excluding diaryl/α,β-unsaturated/α-hetero) is 1. The standard InChI is InChI=1S/C33H58N6O7S/c1-7-12-24(26(40)29(42)34-22-14-15-22)35-28(41)25-13-11-20-39(25)30(43)27(32(3,4)5)36-31(44)37-33(18-9-8-10-19-33)21(2)47(45,46)38(6)23-16-17-23/h21-25,27,29,34,42H,7-20H2,1-6H3,(H,35,41)(H2,36,37,44)/t21-,24-,25-,27+,29?/m0/s1. The Kier molecular flexibility index (Phi) is 12.0. The molecule has 0 radical (unpaired) electrons. The lowest BCUT2D eigenvalue weighted by molar-refractivity contribution is -0.143. The summed E-state index contributed by atoms with van der Waals surface area (Å²) in [4.78, 5) is 55.9. The van der Waals surface area contributed by atoms with E-state index in [1.54, 1.807) is 14.0 Å². The molecule has 1 unspecified atom stereocenters. The number of rotatable bonds is 15. The van der Waals surface area contributed by atoms with E-state index in [0.29, 0.717) is 45.1 Å². The number of aliphatic hydroxyl groups is 1. The lowest BCUT2D eigenvalue weighted by Crippen LogP contribution is -2.65. The monoisotopic (exact) mass is 682 g/mol. The summed E-state index contributed by atoms with van der Waals surface area (Å²) in [6, 6.07) is -3.22. The van der Waals surface area contributed by atoms with E-state index in [0.717, 1.165) is 44.9 Å². The quantitative estimate of drug-likeness (QED) is 0.163. The zero-order chi connectivity index (χ0) is 34.7. The molecule has 14 heteroatoms. The molecule has 5 atom stereocenters. The average Bonchev–Trinajstić information content (AvgIpc) is 3.96. The maximum atomic E-state index is 14.1. The predicted octanol–water partition coefficient (Wildman–Crippen LogP) is 2.13. The fraction of sp³-hybridized carbons (Fsp3) is 0.879. The van der Waals surface area contributed by atoms with Gasteiger partial charge in [0.25, 0.3) is 0 Å². The van der Waals surface area contributed by atoms with Crippen LogP contribution in [0.25, 0.3) is 0 Å². The van der Waals surface area contributed by atoms with Crippen LogP contribution in [0.3, 0.4) is 0 Å². The van der Waals surface area contributed by atoms with Crippen LogP contribution < -0.4 is 21.3 Å². The molecular weight excluding hydrogens is 624 g/mol. The smallest absolute Gasteiger partial charge is 0.315 e. The first-order chi connectivity index (χ1) is 22.0. The molecule has 4 fully saturated rings. The first-order valence-corrected chi connectivity index (χ1v) is 19.2. The van der Waals surface area contributed by atoms with Gasteiger partial charge in [0, 0.05) is 25.7 Å². The Labute approximate surface area is 280 Å². The zero-order valence-corrected chi connectivity index (χ0v) is 30.0. The van der Waals surface area contributed by atoms with E-state index in [4.69, 9.17) is 0 Å². The third kappa shape index (κ3) is 9.04. The average molecular weight is 683 g/mol. The van der Waals surface area contributed by atoms with Crippen LogP contribution in [0.15, 0.2) is 0 Å². The van der Waals surface area contributed by atoms with Crippen molar-refractivity contribution in [1.82, 2.24) is 30.5 Å². The van der Waals surface area contributed by atoms with Crippen molar-refractivity contribution in [3.63, 3.8) is 0 Å². The van der Waals surface area contributed by atoms with Crippen molar-refractivity contribution in [3.05, 3.63) is 0 Å². The molecule has 0 aromatic heterocycles. The van der Waals surface area contributed by atoms with Crippen molar-refractivity contribution < 1.29 is 32.7 Å². The molecule has 4 amide bonds. The summed E-state index contributed by atoms with van der Waals surface area (Å²) in [5.41, 5.74) is -1.72. The highest BCUT2D eigenvalue weighted by atomic mass is 32.2. The molecule has 1 heterocycles. The van der Waals surface area contributed by atoms with Crippen molar-refractivity contribution in [2.45, 2.75) is 165 Å². The number of sulfonamides is 1. The molecule has 47 heavy (non-hydrogen) atoms. The van der Waals surface area contributed by atoms with Crippen molar-refractivity contribution in [3.8, 4) is 0 Å². The van der Waals surface area contributed by atoms with Gasteiger partial charge in [-0.2, -0.15) is 0 Å². The van der Waals surface area contributed by atoms with Crippen LogP contribution in [0, 0.1) is 5.41 Å². The van der Waals surface area contributed by atoms with Gasteiger partial charge in [0.2, 0.25) is 21.8 Å². The van der Waals surface area contributed by atoms with Gasteiger partial charge in [-0.15, -0.1) is 0 Å². The fourth-order valence-electron chi connectivity index (χ4n) is 7.10. The van der Waals surface area contributed by atoms with Crippen LogP contribution in [0.1, 0.15) is 118 Å². The summed E-state index contributed by atoms with van der Waals surface area (Å²) in [7, 11) is -2.07. The molecule has 268 valence electrons. The molecule has 4 aliphatic rings. The molecule has 5 N–H and O–H groups in total. The second kappa shape index (κ2) is 15.1. The van der Waals surface area contributed by atoms with Gasteiger partial charge in [0.15, 0.2) is 12.0 Å². The van der Waals surface area contributed by atoms with Gasteiger partial charge in [0.1, 0.15) is 12.1 Å². The van der Waals surface area contributed by atoms with Crippen LogP contribution >= 0.6 is 0 Å². The molecule has 0 bridgehead atoms. The summed E-state index contributed by atoms with van der Waals surface area (Å²) in [5.74, 6) is -1.37. The number of carbonyl (C=O) groups is 4. The largest absolute Gasteiger partial charge is 0.371 e. The topological polar surface area (TPSA) is 177 Å². The Bertz CT molecular complexity index is 1260. The molecule has 4 rings (SSSR count). The number of hydrogen-bond donors (Lipinski definition) is 5. The van der Waals surface area contributed by atoms with Gasteiger partial charge < -0.3 is 26.0 Å². The Morgan fingerprint density at radius 3 is 2.17 bits per heavy atom. The van der Waals surface area contributed by atoms with Crippen LogP contribution in [-0.4, -0.2) is 107 Å². The lowest BCUT2D eigenvalue weighted by Gasteiger charge is -2.44. The molecule has 0 aromatic carbocycles. The summed E-state index contributed by atoms with van der Waals surface area (Å²) in [6.45, 7) is 9.38. The Hall–Kier alpha value is -2.29. The van der Waals surface area contributed by atoms with Gasteiger partial charge in [-0.1, -0.05) is 53.4 Å². The highest BCUT2D eigenvalue weighted by Gasteiger charge is 2.50. The van der Waals surface area contributed by atoms with Gasteiger partial charge in [-0.25, -0.2) is 17.5 Å². The number of nitrogens with zero attached hydrogens (tertiary/aromatic N) is 2. The van der Waals surface area contributed by atoms with E-state index in [9.17, 15) is 32.7 Å². The van der Waals surface area contributed by atoms with Crippen molar-refractivity contribution in [2.75, 3.05) is 13.6 Å². The number of hydrogen-bond acceptors (Lipinski definition) is 8. The summed E-state index contributed by atoms with van der Waals surface area (Å²) >= 11 is 0. The molecule has 13 nitrogen and oxygen atoms in total. The predicted molar refractivity (Wildman–Crippen MR) is 179 cm³/mol. The Balaban J connectivity index is 1.47. The molecule has 0 spiro atoms. The summed E-state index contributed by atoms with van der Waals surface area (Å²) in [5, 5.41) is 21.2. The molecule has 1 aliphatic heterocycles. The van der Waals surface area contributed by atoms with Crippen LogP contribution in [-0.2, 0) is 24.4 Å². The minimum absolute atomic E-state index is 0.00487. The molecule has 3 aliphatic carbocycles. The number of likely N-dealkylation sites (tertiary alicyclic amines) is 1. The molecule has 3 saturated carbocycles. The molecule has 0 aromatic rings. The first-order valence-electron chi connectivity index (χ1n) is 17.7. The minimum atomic E-state index is -3.68. The Morgan fingerprint density at radius 2 is 1.62 bits per heavy atom. The number of nitrogens with one attached hydrogen (secondary N) is 4. The van der Waals surface area contributed by atoms with E-state index in [2.05, 4.69) is 21.3 Å². The van der Waals surface area contributed by atoms with Gasteiger partial charge in [-0.3, -0.25) is 19.7 Å².